The molecule has 0 saturated heterocycles. The summed E-state index contributed by atoms with van der Waals surface area (Å²) in [4.78, 5) is 28.6. The average Bonchev–Trinajstić information content (AvgIpc) is 2.96. The highest BCUT2D eigenvalue weighted by Gasteiger charge is 2.33. The molecule has 0 spiro atoms. The molecule has 3 rings (SSSR count). The number of nitrogens with one attached hydrogen (secondary N) is 1. The molecule has 2 amide bonds. The van der Waals surface area contributed by atoms with E-state index >= 15 is 0 Å². The van der Waals surface area contributed by atoms with E-state index in [0.717, 1.165) is 15.4 Å². The number of nitrogens with zero attached hydrogens (tertiary/aromatic N) is 2. The number of benzene rings is 3. The van der Waals surface area contributed by atoms with Crippen LogP contribution in [0.15, 0.2) is 83.8 Å². The van der Waals surface area contributed by atoms with Gasteiger partial charge in [0.25, 0.3) is 10.0 Å². The third-order valence-corrected chi connectivity index (χ3v) is 8.49. The predicted molar refractivity (Wildman–Crippen MR) is 158 cm³/mol. The smallest absolute Gasteiger partial charge is 0.264 e. The van der Waals surface area contributed by atoms with Crippen LogP contribution in [-0.4, -0.2) is 51.4 Å². The van der Waals surface area contributed by atoms with Gasteiger partial charge in [-0.3, -0.25) is 13.9 Å². The summed E-state index contributed by atoms with van der Waals surface area (Å²) in [6, 6.07) is 21.7. The van der Waals surface area contributed by atoms with Gasteiger partial charge in [0.1, 0.15) is 18.3 Å². The zero-order valence-electron chi connectivity index (χ0n) is 23.8. The monoisotopic (exact) mass is 565 g/mol. The Morgan fingerprint density at radius 2 is 1.52 bits per heavy atom. The first-order chi connectivity index (χ1) is 19.1. The van der Waals surface area contributed by atoms with Crippen molar-refractivity contribution < 1.29 is 22.7 Å². The number of rotatable bonds is 13. The minimum atomic E-state index is -4.09. The van der Waals surface area contributed by atoms with Gasteiger partial charge in [0, 0.05) is 13.1 Å². The van der Waals surface area contributed by atoms with Crippen molar-refractivity contribution in [2.24, 2.45) is 0 Å². The summed E-state index contributed by atoms with van der Waals surface area (Å²) in [5, 5.41) is 2.81. The minimum Gasteiger partial charge on any atom is -0.497 e. The van der Waals surface area contributed by atoms with Gasteiger partial charge >= 0.3 is 0 Å². The van der Waals surface area contributed by atoms with Gasteiger partial charge < -0.3 is 15.0 Å². The van der Waals surface area contributed by atoms with E-state index in [0.29, 0.717) is 24.4 Å². The van der Waals surface area contributed by atoms with Gasteiger partial charge in [-0.1, -0.05) is 63.2 Å². The summed E-state index contributed by atoms with van der Waals surface area (Å²) in [6.45, 7) is 7.83. The van der Waals surface area contributed by atoms with Crippen LogP contribution in [0.1, 0.15) is 51.2 Å². The fourth-order valence-corrected chi connectivity index (χ4v) is 5.85. The normalized spacial score (nSPS) is 12.1. The summed E-state index contributed by atoms with van der Waals surface area (Å²) in [7, 11) is -2.52. The van der Waals surface area contributed by atoms with Gasteiger partial charge in [-0.25, -0.2) is 8.42 Å². The average molecular weight is 566 g/mol. The van der Waals surface area contributed by atoms with Crippen LogP contribution in [0.5, 0.6) is 5.75 Å². The first-order valence-electron chi connectivity index (χ1n) is 13.5. The molecule has 0 aromatic heterocycles. The maximum Gasteiger partial charge on any atom is 0.264 e. The Labute approximate surface area is 238 Å². The molecule has 1 atom stereocenters. The summed E-state index contributed by atoms with van der Waals surface area (Å²) < 4.78 is 34.1. The Balaban J connectivity index is 2.05. The van der Waals surface area contributed by atoms with Crippen molar-refractivity contribution in [3.8, 4) is 5.75 Å². The Bertz CT molecular complexity index is 1360. The second kappa shape index (κ2) is 14.0. The van der Waals surface area contributed by atoms with E-state index < -0.39 is 28.5 Å². The lowest BCUT2D eigenvalue weighted by Gasteiger charge is -2.33. The second-order valence-electron chi connectivity index (χ2n) is 9.76. The van der Waals surface area contributed by atoms with Crippen LogP contribution in [0.4, 0.5) is 5.69 Å². The Kier molecular flexibility index (Phi) is 10.7. The summed E-state index contributed by atoms with van der Waals surface area (Å²) in [5.41, 5.74) is 2.21. The molecule has 0 saturated carbocycles. The summed E-state index contributed by atoms with van der Waals surface area (Å²) >= 11 is 0. The molecule has 3 aromatic carbocycles. The van der Waals surface area contributed by atoms with Crippen LogP contribution >= 0.6 is 0 Å². The Hall–Kier alpha value is -3.85. The quantitative estimate of drug-likeness (QED) is 0.316. The van der Waals surface area contributed by atoms with Crippen molar-refractivity contribution in [1.82, 2.24) is 10.2 Å². The van der Waals surface area contributed by atoms with Gasteiger partial charge in [-0.15, -0.1) is 0 Å². The fourth-order valence-electron chi connectivity index (χ4n) is 4.41. The molecular formula is C31H39N3O5S. The summed E-state index contributed by atoms with van der Waals surface area (Å²) in [5.74, 6) is 0.159. The Morgan fingerprint density at radius 3 is 2.05 bits per heavy atom. The number of sulfonamides is 1. The van der Waals surface area contributed by atoms with Gasteiger partial charge in [0.05, 0.1) is 17.7 Å². The molecule has 9 heteroatoms. The molecule has 0 radical (unpaired) electrons. The highest BCUT2D eigenvalue weighted by Crippen LogP contribution is 2.27. The molecule has 1 N–H and O–H groups in total. The molecule has 3 aromatic rings. The lowest BCUT2D eigenvalue weighted by molar-refractivity contribution is -0.140. The van der Waals surface area contributed by atoms with Gasteiger partial charge in [0.2, 0.25) is 11.8 Å². The van der Waals surface area contributed by atoms with E-state index in [4.69, 9.17) is 4.74 Å². The molecule has 8 nitrogen and oxygen atoms in total. The maximum absolute atomic E-state index is 14.0. The van der Waals surface area contributed by atoms with Crippen molar-refractivity contribution in [2.75, 3.05) is 24.5 Å². The van der Waals surface area contributed by atoms with E-state index in [1.165, 1.54) is 17.0 Å². The number of carbonyl (C=O) groups is 2. The molecule has 0 aliphatic rings. The number of likely N-dealkylation sites (N-methyl/N-ethyl adjacent to an activating group) is 1. The molecule has 214 valence electrons. The van der Waals surface area contributed by atoms with Gasteiger partial charge in [-0.2, -0.15) is 0 Å². The standard InChI is InChI=1S/C31H39N3O5S/c1-6-29(31(36)32-7-2)33(21-24-13-19-27(39-5)20-14-24)30(35)22-34(26-17-15-25(16-18-26)23(3)4)40(37,38)28-11-9-8-10-12-28/h8-20,23,29H,6-7,21-22H2,1-5H3,(H,32,36)/t29-/m0/s1. The zero-order chi connectivity index (χ0) is 29.3. The number of hydrogen-bond acceptors (Lipinski definition) is 5. The second-order valence-corrected chi connectivity index (χ2v) is 11.6. The third kappa shape index (κ3) is 7.41. The molecule has 0 fully saturated rings. The number of amides is 2. The van der Waals surface area contributed by atoms with Crippen molar-refractivity contribution in [3.63, 3.8) is 0 Å². The zero-order valence-corrected chi connectivity index (χ0v) is 24.6. The van der Waals surface area contributed by atoms with Crippen LogP contribution in [-0.2, 0) is 26.2 Å². The van der Waals surface area contributed by atoms with Crippen LogP contribution < -0.4 is 14.4 Å². The van der Waals surface area contributed by atoms with E-state index in [9.17, 15) is 18.0 Å². The van der Waals surface area contributed by atoms with Crippen LogP contribution in [0.3, 0.4) is 0 Å². The van der Waals surface area contributed by atoms with Crippen molar-refractivity contribution >= 4 is 27.5 Å². The van der Waals surface area contributed by atoms with Gasteiger partial charge in [-0.05, 0) is 66.8 Å². The number of methoxy groups -OCH3 is 1. The fraction of sp³-hybridized carbons (Fsp3) is 0.355. The number of hydrogen-bond donors (Lipinski definition) is 1. The van der Waals surface area contributed by atoms with Crippen LogP contribution in [0, 0.1) is 0 Å². The molecule has 0 aliphatic carbocycles. The van der Waals surface area contributed by atoms with Crippen LogP contribution in [0.2, 0.25) is 0 Å². The topological polar surface area (TPSA) is 96.0 Å². The van der Waals surface area contributed by atoms with E-state index in [1.807, 2.05) is 38.1 Å². The van der Waals surface area contributed by atoms with Crippen LogP contribution in [0.25, 0.3) is 0 Å². The number of carbonyl (C=O) groups excluding carboxylic acids is 2. The molecular weight excluding hydrogens is 526 g/mol. The number of ether oxygens (including phenoxy) is 1. The highest BCUT2D eigenvalue weighted by atomic mass is 32.2. The summed E-state index contributed by atoms with van der Waals surface area (Å²) in [6.07, 6.45) is 0.363. The van der Waals surface area contributed by atoms with Gasteiger partial charge in [0.15, 0.2) is 0 Å². The SMILES string of the molecule is CCNC(=O)[C@H](CC)N(Cc1ccc(OC)cc1)C(=O)CN(c1ccc(C(C)C)cc1)S(=O)(=O)c1ccccc1. The molecule has 40 heavy (non-hydrogen) atoms. The molecule has 0 heterocycles. The van der Waals surface area contributed by atoms with Crippen molar-refractivity contribution in [2.45, 2.75) is 57.5 Å². The third-order valence-electron chi connectivity index (χ3n) is 6.71. The van der Waals surface area contributed by atoms with Crippen molar-refractivity contribution in [1.29, 1.82) is 0 Å². The lowest BCUT2D eigenvalue weighted by atomic mass is 10.0. The van der Waals surface area contributed by atoms with E-state index in [2.05, 4.69) is 19.2 Å². The molecule has 0 bridgehead atoms. The van der Waals surface area contributed by atoms with Crippen molar-refractivity contribution in [3.05, 3.63) is 90.0 Å². The molecule has 0 aliphatic heterocycles. The minimum absolute atomic E-state index is 0.0770. The molecule has 0 unspecified atom stereocenters. The predicted octanol–water partition coefficient (Wildman–Crippen LogP) is 4.96. The van der Waals surface area contributed by atoms with E-state index in [-0.39, 0.29) is 23.3 Å². The number of anilines is 1. The maximum atomic E-state index is 14.0. The highest BCUT2D eigenvalue weighted by molar-refractivity contribution is 7.92. The first-order valence-corrected chi connectivity index (χ1v) is 14.9. The van der Waals surface area contributed by atoms with E-state index in [1.54, 1.807) is 49.6 Å². The lowest BCUT2D eigenvalue weighted by Crippen LogP contribution is -2.52. The first kappa shape index (κ1) is 30.7. The largest absolute Gasteiger partial charge is 0.497 e. The Morgan fingerprint density at radius 1 is 0.900 bits per heavy atom.